The molecule has 1 aliphatic rings. The molecule has 4 aromatic rings. The fourth-order valence-corrected chi connectivity index (χ4v) is 6.83. The minimum Gasteiger partial charge on any atom is -0.493 e. The molecule has 51 heavy (non-hydrogen) atoms. The molecular formula is C42H52O9. The van der Waals surface area contributed by atoms with Gasteiger partial charge in [0.2, 0.25) is 0 Å². The third-order valence-electron chi connectivity index (χ3n) is 9.71. The Morgan fingerprint density at radius 2 is 0.784 bits per heavy atom. The zero-order valence-electron chi connectivity index (χ0n) is 31.5. The predicted molar refractivity (Wildman–Crippen MR) is 198 cm³/mol. The highest BCUT2D eigenvalue weighted by Crippen LogP contribution is 2.51. The SMILES string of the molecule is COc1ccc(CC(C)Oc2ccc(C3O[C@H](c4ccc(OC(C)Cc5ccc(OC)c(OC)c5)c(OC)c4)[C@H](C)C3C)cc2OC)cc1OC. The molecule has 5 rings (SSSR count). The summed E-state index contributed by atoms with van der Waals surface area (Å²) in [4.78, 5) is 0. The zero-order valence-corrected chi connectivity index (χ0v) is 31.5. The van der Waals surface area contributed by atoms with E-state index in [0.717, 1.165) is 22.3 Å². The van der Waals surface area contributed by atoms with Crippen LogP contribution in [0.15, 0.2) is 72.8 Å². The summed E-state index contributed by atoms with van der Waals surface area (Å²) < 4.78 is 52.9. The standard InChI is InChI=1S/C42H52O9/c1-25(19-29-11-15-33(43-5)37(21-29)45-7)49-35-17-13-31(23-39(35)47-9)41-27(3)28(4)42(51-41)32-14-18-36(40(24-32)48-10)50-26(2)20-30-12-16-34(44-6)38(22-30)46-8/h11-18,21-28,41-42H,19-20H2,1-10H3/t25?,26?,27-,28?,41+,42?/m1/s1. The molecule has 4 unspecified atom stereocenters. The van der Waals surface area contributed by atoms with Crippen LogP contribution in [-0.2, 0) is 17.6 Å². The highest BCUT2D eigenvalue weighted by atomic mass is 16.5. The van der Waals surface area contributed by atoms with Crippen LogP contribution in [0.25, 0.3) is 0 Å². The van der Waals surface area contributed by atoms with Crippen LogP contribution in [-0.4, -0.2) is 54.9 Å². The summed E-state index contributed by atoms with van der Waals surface area (Å²) in [7, 11) is 9.88. The van der Waals surface area contributed by atoms with Crippen molar-refractivity contribution >= 4 is 0 Å². The van der Waals surface area contributed by atoms with Crippen molar-refractivity contribution in [1.29, 1.82) is 0 Å². The van der Waals surface area contributed by atoms with E-state index < -0.39 is 0 Å². The second kappa shape index (κ2) is 17.0. The third kappa shape index (κ3) is 8.59. The van der Waals surface area contributed by atoms with Gasteiger partial charge in [0, 0.05) is 12.8 Å². The molecule has 0 aromatic heterocycles. The van der Waals surface area contributed by atoms with Gasteiger partial charge in [-0.1, -0.05) is 38.1 Å². The first-order chi connectivity index (χ1) is 24.6. The van der Waals surface area contributed by atoms with Gasteiger partial charge < -0.3 is 42.6 Å². The molecule has 0 bridgehead atoms. The molecule has 1 fully saturated rings. The van der Waals surface area contributed by atoms with Gasteiger partial charge in [-0.05, 0) is 96.5 Å². The monoisotopic (exact) mass is 700 g/mol. The minimum absolute atomic E-state index is 0.107. The van der Waals surface area contributed by atoms with Crippen molar-refractivity contribution < 1.29 is 42.6 Å². The molecule has 4 aromatic carbocycles. The van der Waals surface area contributed by atoms with Gasteiger partial charge >= 0.3 is 0 Å². The summed E-state index contributed by atoms with van der Waals surface area (Å²) in [5, 5.41) is 0. The molecule has 274 valence electrons. The Labute approximate surface area is 302 Å². The molecular weight excluding hydrogens is 648 g/mol. The molecule has 1 aliphatic heterocycles. The van der Waals surface area contributed by atoms with E-state index in [1.54, 1.807) is 42.7 Å². The Morgan fingerprint density at radius 3 is 1.14 bits per heavy atom. The predicted octanol–water partition coefficient (Wildman–Crippen LogP) is 8.84. The second-order valence-electron chi connectivity index (χ2n) is 13.2. The Kier molecular flexibility index (Phi) is 12.5. The fraction of sp³-hybridized carbons (Fsp3) is 0.429. The molecule has 9 heteroatoms. The fourth-order valence-electron chi connectivity index (χ4n) is 6.83. The van der Waals surface area contributed by atoms with Crippen LogP contribution in [0, 0.1) is 11.8 Å². The van der Waals surface area contributed by atoms with E-state index in [0.29, 0.717) is 58.8 Å². The molecule has 0 saturated carbocycles. The molecule has 6 atom stereocenters. The lowest BCUT2D eigenvalue weighted by atomic mass is 9.85. The third-order valence-corrected chi connectivity index (χ3v) is 9.71. The maximum absolute atomic E-state index is 6.80. The minimum atomic E-state index is -0.124. The van der Waals surface area contributed by atoms with Gasteiger partial charge in [-0.3, -0.25) is 0 Å². The van der Waals surface area contributed by atoms with Crippen molar-refractivity contribution in [2.24, 2.45) is 11.8 Å². The molecule has 0 amide bonds. The number of benzene rings is 4. The normalized spacial score (nSPS) is 19.5. The van der Waals surface area contributed by atoms with E-state index >= 15 is 0 Å². The van der Waals surface area contributed by atoms with E-state index in [4.69, 9.17) is 42.6 Å². The van der Waals surface area contributed by atoms with E-state index in [1.807, 2.05) is 74.5 Å². The maximum Gasteiger partial charge on any atom is 0.161 e. The first-order valence-electron chi connectivity index (χ1n) is 17.4. The first-order valence-corrected chi connectivity index (χ1v) is 17.4. The van der Waals surface area contributed by atoms with Gasteiger partial charge in [-0.2, -0.15) is 0 Å². The van der Waals surface area contributed by atoms with E-state index in [9.17, 15) is 0 Å². The van der Waals surface area contributed by atoms with Gasteiger partial charge in [0.05, 0.1) is 54.9 Å². The Hall–Kier alpha value is -4.76. The summed E-state index contributed by atoms with van der Waals surface area (Å²) in [5.74, 6) is 6.00. The molecule has 0 radical (unpaired) electrons. The molecule has 1 saturated heterocycles. The first kappa shape index (κ1) is 37.5. The Bertz CT molecular complexity index is 1630. The van der Waals surface area contributed by atoms with Crippen LogP contribution in [0.4, 0.5) is 0 Å². The van der Waals surface area contributed by atoms with E-state index in [-0.39, 0.29) is 36.3 Å². The summed E-state index contributed by atoms with van der Waals surface area (Å²) in [5.41, 5.74) is 4.27. The van der Waals surface area contributed by atoms with Crippen molar-refractivity contribution in [3.05, 3.63) is 95.1 Å². The van der Waals surface area contributed by atoms with Crippen LogP contribution >= 0.6 is 0 Å². The quantitative estimate of drug-likeness (QED) is 0.114. The number of methoxy groups -OCH3 is 6. The average Bonchev–Trinajstić information content (AvgIpc) is 3.44. The number of rotatable bonds is 16. The van der Waals surface area contributed by atoms with Gasteiger partial charge in [0.15, 0.2) is 46.0 Å². The van der Waals surface area contributed by atoms with Gasteiger partial charge in [-0.25, -0.2) is 0 Å². The lowest BCUT2D eigenvalue weighted by molar-refractivity contribution is 0.0287. The number of ether oxygens (including phenoxy) is 9. The highest BCUT2D eigenvalue weighted by molar-refractivity contribution is 5.47. The Morgan fingerprint density at radius 1 is 0.451 bits per heavy atom. The van der Waals surface area contributed by atoms with Crippen molar-refractivity contribution in [2.45, 2.75) is 65.0 Å². The van der Waals surface area contributed by atoms with E-state index in [1.165, 1.54) is 0 Å². The van der Waals surface area contributed by atoms with Gasteiger partial charge in [0.1, 0.15) is 12.2 Å². The Balaban J connectivity index is 1.26. The molecule has 0 aliphatic carbocycles. The number of hydrogen-bond acceptors (Lipinski definition) is 9. The molecule has 1 heterocycles. The lowest BCUT2D eigenvalue weighted by Gasteiger charge is -2.21. The van der Waals surface area contributed by atoms with Gasteiger partial charge in [-0.15, -0.1) is 0 Å². The average molecular weight is 701 g/mol. The number of hydrogen-bond donors (Lipinski definition) is 0. The summed E-state index contributed by atoms with van der Waals surface area (Å²) >= 11 is 0. The highest BCUT2D eigenvalue weighted by Gasteiger charge is 2.41. The van der Waals surface area contributed by atoms with Crippen molar-refractivity contribution in [3.8, 4) is 46.0 Å². The maximum atomic E-state index is 6.80. The summed E-state index contributed by atoms with van der Waals surface area (Å²) in [6, 6.07) is 24.0. The second-order valence-corrected chi connectivity index (χ2v) is 13.2. The lowest BCUT2D eigenvalue weighted by Crippen LogP contribution is -2.16. The summed E-state index contributed by atoms with van der Waals surface area (Å²) in [6.45, 7) is 8.56. The summed E-state index contributed by atoms with van der Waals surface area (Å²) in [6.07, 6.45) is 0.921. The zero-order chi connectivity index (χ0) is 36.7. The van der Waals surface area contributed by atoms with Crippen molar-refractivity contribution in [1.82, 2.24) is 0 Å². The van der Waals surface area contributed by atoms with Crippen LogP contribution in [0.5, 0.6) is 46.0 Å². The van der Waals surface area contributed by atoms with Crippen molar-refractivity contribution in [2.75, 3.05) is 42.7 Å². The molecule has 0 N–H and O–H groups in total. The van der Waals surface area contributed by atoms with Crippen LogP contribution in [0.2, 0.25) is 0 Å². The van der Waals surface area contributed by atoms with Crippen LogP contribution in [0.3, 0.4) is 0 Å². The molecule has 0 spiro atoms. The smallest absolute Gasteiger partial charge is 0.161 e. The molecule has 9 nitrogen and oxygen atoms in total. The van der Waals surface area contributed by atoms with Crippen LogP contribution < -0.4 is 37.9 Å². The van der Waals surface area contributed by atoms with Crippen molar-refractivity contribution in [3.63, 3.8) is 0 Å². The largest absolute Gasteiger partial charge is 0.493 e. The van der Waals surface area contributed by atoms with E-state index in [2.05, 4.69) is 26.0 Å². The van der Waals surface area contributed by atoms with Crippen LogP contribution in [0.1, 0.15) is 62.2 Å². The van der Waals surface area contributed by atoms with Gasteiger partial charge in [0.25, 0.3) is 0 Å². The topological polar surface area (TPSA) is 83.1 Å².